The summed E-state index contributed by atoms with van der Waals surface area (Å²) in [6, 6.07) is 11.0. The second-order valence-corrected chi connectivity index (χ2v) is 4.85. The van der Waals surface area contributed by atoms with Crippen molar-refractivity contribution in [3.05, 3.63) is 83.4 Å². The van der Waals surface area contributed by atoms with Crippen molar-refractivity contribution in [2.45, 2.75) is 0 Å². The highest BCUT2D eigenvalue weighted by Gasteiger charge is 2.14. The molecule has 0 saturated carbocycles. The summed E-state index contributed by atoms with van der Waals surface area (Å²) in [6.45, 7) is 2.96. The number of rotatable bonds is 5. The van der Waals surface area contributed by atoms with Crippen LogP contribution in [-0.4, -0.2) is 55.4 Å². The third kappa shape index (κ3) is 8.64. The largest absolute Gasteiger partial charge is 0.478 e. The van der Waals surface area contributed by atoms with Gasteiger partial charge in [-0.05, 0) is 24.3 Å². The fourth-order valence-electron chi connectivity index (χ4n) is 1.71. The summed E-state index contributed by atoms with van der Waals surface area (Å²) in [5.41, 5.74) is -0.759. The fraction of sp³-hybridized carbons (Fsp3) is 0. The molecule has 0 bridgehead atoms. The molecule has 0 aliphatic rings. The predicted molar refractivity (Wildman–Crippen MR) is 98.6 cm³/mol. The Morgan fingerprint density at radius 1 is 0.552 bits per heavy atom. The summed E-state index contributed by atoms with van der Waals surface area (Å²) in [6.07, 6.45) is 0.833. The first kappa shape index (κ1) is 24.5. The number of aromatic carboxylic acids is 4. The topological polar surface area (TPSA) is 186 Å². The Kier molecular flexibility index (Phi) is 10.2. The number of benzene rings is 2. The van der Waals surface area contributed by atoms with Gasteiger partial charge in [-0.1, -0.05) is 30.8 Å². The molecule has 29 heavy (non-hydrogen) atoms. The van der Waals surface area contributed by atoms with E-state index in [1.807, 2.05) is 0 Å². The zero-order valence-corrected chi connectivity index (χ0v) is 14.7. The maximum Gasteiger partial charge on any atom is 0.336 e. The van der Waals surface area contributed by atoms with Crippen LogP contribution < -0.4 is 0 Å². The van der Waals surface area contributed by atoms with Crippen molar-refractivity contribution in [2.24, 2.45) is 0 Å². The van der Waals surface area contributed by atoms with Gasteiger partial charge in [0.2, 0.25) is 0 Å². The summed E-state index contributed by atoms with van der Waals surface area (Å²) in [7, 11) is 0. The van der Waals surface area contributed by atoms with E-state index in [2.05, 4.69) is 6.58 Å². The standard InChI is InChI=1S/2C8H6O4.C3H4O2/c2*9-7(10)5-3-1-2-4-6(5)8(11)12;1-2-3(4)5/h2*1-4H,(H,9,10)(H,11,12);2H,1H2,(H,4,5). The molecule has 2 rings (SSSR count). The van der Waals surface area contributed by atoms with Gasteiger partial charge in [-0.15, -0.1) is 0 Å². The molecule has 0 atom stereocenters. The molecule has 0 unspecified atom stereocenters. The molecule has 152 valence electrons. The van der Waals surface area contributed by atoms with Gasteiger partial charge in [-0.3, -0.25) is 0 Å². The van der Waals surface area contributed by atoms with E-state index in [9.17, 15) is 24.0 Å². The highest BCUT2D eigenvalue weighted by atomic mass is 16.4. The lowest BCUT2D eigenvalue weighted by atomic mass is 10.1. The van der Waals surface area contributed by atoms with Crippen molar-refractivity contribution in [1.82, 2.24) is 0 Å². The molecule has 10 heteroatoms. The van der Waals surface area contributed by atoms with Gasteiger partial charge < -0.3 is 25.5 Å². The van der Waals surface area contributed by atoms with Crippen molar-refractivity contribution in [3.63, 3.8) is 0 Å². The summed E-state index contributed by atoms with van der Waals surface area (Å²) < 4.78 is 0. The molecule has 5 N–H and O–H groups in total. The number of hydrogen-bond acceptors (Lipinski definition) is 5. The SMILES string of the molecule is C=CC(=O)O.O=C(O)c1ccccc1C(=O)O.O=C(O)c1ccccc1C(=O)O. The second-order valence-electron chi connectivity index (χ2n) is 4.85. The Morgan fingerprint density at radius 3 is 0.828 bits per heavy atom. The van der Waals surface area contributed by atoms with Gasteiger partial charge in [-0.25, -0.2) is 24.0 Å². The molecule has 2 aromatic rings. The number of carboxylic acids is 5. The van der Waals surface area contributed by atoms with E-state index in [-0.39, 0.29) is 22.3 Å². The summed E-state index contributed by atoms with van der Waals surface area (Å²) in [4.78, 5) is 51.1. The lowest BCUT2D eigenvalue weighted by molar-refractivity contribution is -0.131. The molecule has 2 aromatic carbocycles. The van der Waals surface area contributed by atoms with Crippen LogP contribution in [0.5, 0.6) is 0 Å². The number of hydrogen-bond donors (Lipinski definition) is 5. The molecule has 0 spiro atoms. The quantitative estimate of drug-likeness (QED) is 0.463. The molecule has 0 radical (unpaired) electrons. The van der Waals surface area contributed by atoms with Crippen LogP contribution in [0.4, 0.5) is 0 Å². The van der Waals surface area contributed by atoms with E-state index < -0.39 is 29.8 Å². The first-order chi connectivity index (χ1) is 13.5. The maximum atomic E-state index is 10.5. The van der Waals surface area contributed by atoms with Crippen molar-refractivity contribution >= 4 is 29.8 Å². The molecule has 0 amide bonds. The molecule has 0 aliphatic carbocycles. The van der Waals surface area contributed by atoms with Crippen LogP contribution in [0.2, 0.25) is 0 Å². The molecule has 0 saturated heterocycles. The Balaban J connectivity index is 0.000000442. The second kappa shape index (κ2) is 12.0. The Hall–Kier alpha value is -4.47. The Bertz CT molecular complexity index is 797. The predicted octanol–water partition coefficient (Wildman–Crippen LogP) is 2.42. The van der Waals surface area contributed by atoms with E-state index in [0.29, 0.717) is 0 Å². The normalized spacial score (nSPS) is 8.83. The van der Waals surface area contributed by atoms with E-state index in [1.165, 1.54) is 48.5 Å². The minimum atomic E-state index is -1.23. The van der Waals surface area contributed by atoms with Gasteiger partial charge in [0.15, 0.2) is 0 Å². The monoisotopic (exact) mass is 404 g/mol. The molecule has 0 fully saturated rings. The highest BCUT2D eigenvalue weighted by molar-refractivity contribution is 6.02. The number of aliphatic carboxylic acids is 1. The number of carboxylic acid groups (broad SMARTS) is 5. The first-order valence-corrected chi connectivity index (χ1v) is 7.49. The van der Waals surface area contributed by atoms with Crippen LogP contribution in [0.3, 0.4) is 0 Å². The van der Waals surface area contributed by atoms with Crippen LogP contribution in [0.25, 0.3) is 0 Å². The molecule has 0 heterocycles. The van der Waals surface area contributed by atoms with Gasteiger partial charge in [0, 0.05) is 6.08 Å². The zero-order chi connectivity index (χ0) is 22.6. The highest BCUT2D eigenvalue weighted by Crippen LogP contribution is 2.08. The van der Waals surface area contributed by atoms with Crippen molar-refractivity contribution in [1.29, 1.82) is 0 Å². The van der Waals surface area contributed by atoms with Crippen molar-refractivity contribution in [3.8, 4) is 0 Å². The van der Waals surface area contributed by atoms with E-state index in [4.69, 9.17) is 25.5 Å². The van der Waals surface area contributed by atoms with E-state index in [0.717, 1.165) is 6.08 Å². The third-order valence-corrected chi connectivity index (χ3v) is 2.95. The van der Waals surface area contributed by atoms with Crippen LogP contribution >= 0.6 is 0 Å². The van der Waals surface area contributed by atoms with Crippen LogP contribution in [-0.2, 0) is 4.79 Å². The summed E-state index contributed by atoms with van der Waals surface area (Å²) in [5, 5.41) is 41.8. The molecule has 10 nitrogen and oxygen atoms in total. The first-order valence-electron chi connectivity index (χ1n) is 7.49. The van der Waals surface area contributed by atoms with Crippen LogP contribution in [0.1, 0.15) is 41.4 Å². The van der Waals surface area contributed by atoms with E-state index in [1.54, 1.807) is 0 Å². The minimum absolute atomic E-state index is 0.190. The molecular formula is C19H16O10. The smallest absolute Gasteiger partial charge is 0.336 e. The third-order valence-electron chi connectivity index (χ3n) is 2.95. The summed E-state index contributed by atoms with van der Waals surface area (Å²) in [5.74, 6) is -5.90. The van der Waals surface area contributed by atoms with Crippen LogP contribution in [0, 0.1) is 0 Å². The average molecular weight is 404 g/mol. The van der Waals surface area contributed by atoms with Gasteiger partial charge in [0.1, 0.15) is 0 Å². The Labute approximate surface area is 163 Å². The Morgan fingerprint density at radius 2 is 0.724 bits per heavy atom. The van der Waals surface area contributed by atoms with Crippen molar-refractivity contribution in [2.75, 3.05) is 0 Å². The summed E-state index contributed by atoms with van der Waals surface area (Å²) >= 11 is 0. The molecule has 0 aliphatic heterocycles. The molecular weight excluding hydrogens is 388 g/mol. The molecule has 0 aromatic heterocycles. The fourth-order valence-corrected chi connectivity index (χ4v) is 1.71. The van der Waals surface area contributed by atoms with Gasteiger partial charge in [0.25, 0.3) is 0 Å². The number of carbonyl (C=O) groups is 5. The minimum Gasteiger partial charge on any atom is -0.478 e. The lowest BCUT2D eigenvalue weighted by Gasteiger charge is -1.98. The average Bonchev–Trinajstić information content (AvgIpc) is 2.68. The van der Waals surface area contributed by atoms with E-state index >= 15 is 0 Å². The lowest BCUT2D eigenvalue weighted by Crippen LogP contribution is -2.06. The van der Waals surface area contributed by atoms with Crippen molar-refractivity contribution < 1.29 is 49.5 Å². The maximum absolute atomic E-state index is 10.5. The van der Waals surface area contributed by atoms with Gasteiger partial charge in [0.05, 0.1) is 22.3 Å². The van der Waals surface area contributed by atoms with Crippen LogP contribution in [0.15, 0.2) is 61.2 Å². The van der Waals surface area contributed by atoms with Gasteiger partial charge in [-0.2, -0.15) is 0 Å². The van der Waals surface area contributed by atoms with Gasteiger partial charge >= 0.3 is 29.8 Å². The zero-order valence-electron chi connectivity index (χ0n) is 14.7.